The number of rotatable bonds is 2. The molecular weight excluding hydrogens is 283 g/mol. The Morgan fingerprint density at radius 1 is 0.909 bits per heavy atom. The van der Waals surface area contributed by atoms with Crippen LogP contribution < -0.4 is 0 Å². The number of hydrogen-bond donors (Lipinski definition) is 0. The van der Waals surface area contributed by atoms with Crippen molar-refractivity contribution in [3.63, 3.8) is 0 Å². The van der Waals surface area contributed by atoms with Gasteiger partial charge in [0, 0.05) is 5.16 Å². The summed E-state index contributed by atoms with van der Waals surface area (Å²) >= 11 is 0. The van der Waals surface area contributed by atoms with Crippen LogP contribution in [0.5, 0.6) is 0 Å². The highest BCUT2D eigenvalue weighted by atomic mass is 31.1. The van der Waals surface area contributed by atoms with Crippen molar-refractivity contribution < 1.29 is 0 Å². The fourth-order valence-electron chi connectivity index (χ4n) is 4.47. The van der Waals surface area contributed by atoms with Crippen molar-refractivity contribution in [3.05, 3.63) is 54.1 Å². The van der Waals surface area contributed by atoms with E-state index in [0.29, 0.717) is 10.3 Å². The average Bonchev–Trinajstić information content (AvgIpc) is 2.36. The van der Waals surface area contributed by atoms with E-state index >= 15 is 0 Å². The van der Waals surface area contributed by atoms with Gasteiger partial charge < -0.3 is 0 Å². The van der Waals surface area contributed by atoms with Gasteiger partial charge in [0.15, 0.2) is 0 Å². The minimum Gasteiger partial charge on any atom is -0.0847 e. The molecule has 1 unspecified atom stereocenters. The van der Waals surface area contributed by atoms with Crippen LogP contribution in [-0.2, 0) is 0 Å². The largest absolute Gasteiger partial charge is 0.0847 e. The summed E-state index contributed by atoms with van der Waals surface area (Å²) in [6.07, 6.45) is 8.10. The molecule has 0 aromatic heterocycles. The quantitative estimate of drug-likeness (QED) is 0.523. The van der Waals surface area contributed by atoms with Crippen LogP contribution in [0.3, 0.4) is 0 Å². The van der Waals surface area contributed by atoms with Crippen molar-refractivity contribution in [3.8, 4) is 0 Å². The Hall–Kier alpha value is -0.870. The summed E-state index contributed by atoms with van der Waals surface area (Å²) in [7, 11) is -0.225. The zero-order chi connectivity index (χ0) is 16.6. The van der Waals surface area contributed by atoms with Gasteiger partial charge in [-0.15, -0.1) is 0 Å². The van der Waals surface area contributed by atoms with Crippen molar-refractivity contribution in [2.45, 2.75) is 70.4 Å². The first-order valence-corrected chi connectivity index (χ1v) is 9.64. The minimum absolute atomic E-state index is 0.224. The average molecular weight is 314 g/mol. The van der Waals surface area contributed by atoms with Crippen LogP contribution >= 0.6 is 7.92 Å². The van der Waals surface area contributed by atoms with E-state index in [1.54, 1.807) is 0 Å². The van der Waals surface area contributed by atoms with Gasteiger partial charge in [0.2, 0.25) is 0 Å². The minimum atomic E-state index is -0.225. The smallest absolute Gasteiger partial charge is 0.0176 e. The lowest BCUT2D eigenvalue weighted by atomic mass is 9.87. The third-order valence-electron chi connectivity index (χ3n) is 4.41. The summed E-state index contributed by atoms with van der Waals surface area (Å²) in [5.74, 6) is 0. The lowest BCUT2D eigenvalue weighted by molar-refractivity contribution is 0.653. The van der Waals surface area contributed by atoms with E-state index < -0.39 is 0 Å². The van der Waals surface area contributed by atoms with Crippen LogP contribution in [0.25, 0.3) is 5.57 Å². The fraction of sp³-hybridized carbons (Fsp3) is 0.524. The predicted octanol–water partition coefficient (Wildman–Crippen LogP) is 6.87. The van der Waals surface area contributed by atoms with E-state index in [4.69, 9.17) is 0 Å². The molecule has 1 aliphatic rings. The maximum absolute atomic E-state index is 2.50. The van der Waals surface area contributed by atoms with Crippen molar-refractivity contribution >= 4 is 13.5 Å². The molecule has 1 aromatic carbocycles. The second kappa shape index (κ2) is 5.97. The van der Waals surface area contributed by atoms with Crippen molar-refractivity contribution in [1.82, 2.24) is 0 Å². The molecule has 120 valence electrons. The number of benzene rings is 1. The highest BCUT2D eigenvalue weighted by molar-refractivity contribution is 7.63. The van der Waals surface area contributed by atoms with Gasteiger partial charge in [-0.25, -0.2) is 0 Å². The van der Waals surface area contributed by atoms with Gasteiger partial charge in [-0.2, -0.15) is 0 Å². The van der Waals surface area contributed by atoms with Gasteiger partial charge in [0.05, 0.1) is 0 Å². The van der Waals surface area contributed by atoms with E-state index in [-0.39, 0.29) is 13.1 Å². The second-order valence-corrected chi connectivity index (χ2v) is 12.9. The molecule has 0 N–H and O–H groups in total. The third kappa shape index (κ3) is 3.38. The maximum atomic E-state index is 2.50. The van der Waals surface area contributed by atoms with Gasteiger partial charge >= 0.3 is 0 Å². The summed E-state index contributed by atoms with van der Waals surface area (Å²) in [4.78, 5) is 0. The second-order valence-electron chi connectivity index (χ2n) is 8.53. The van der Waals surface area contributed by atoms with Gasteiger partial charge in [0.1, 0.15) is 0 Å². The molecule has 0 bridgehead atoms. The van der Waals surface area contributed by atoms with Crippen molar-refractivity contribution in [2.24, 2.45) is 0 Å². The van der Waals surface area contributed by atoms with E-state index in [1.165, 1.54) is 11.1 Å². The Kier molecular flexibility index (Phi) is 4.74. The molecular formula is C21H31P. The van der Waals surface area contributed by atoms with Gasteiger partial charge in [-0.05, 0) is 27.9 Å². The van der Waals surface area contributed by atoms with Crippen LogP contribution in [-0.4, -0.2) is 15.5 Å². The van der Waals surface area contributed by atoms with Gasteiger partial charge in [-0.1, -0.05) is 105 Å². The summed E-state index contributed by atoms with van der Waals surface area (Å²) in [5, 5.41) is 0.866. The molecule has 0 radical (unpaired) electrons. The van der Waals surface area contributed by atoms with Gasteiger partial charge in [0.25, 0.3) is 0 Å². The highest BCUT2D eigenvalue weighted by Crippen LogP contribution is 2.71. The first-order valence-electron chi connectivity index (χ1n) is 8.30. The Bertz CT molecular complexity index is 552. The molecule has 2 rings (SSSR count). The molecule has 0 aliphatic heterocycles. The van der Waals surface area contributed by atoms with Crippen LogP contribution in [0, 0.1) is 0 Å². The third-order valence-corrected chi connectivity index (χ3v) is 8.51. The van der Waals surface area contributed by atoms with Gasteiger partial charge in [-0.3, -0.25) is 0 Å². The molecule has 0 heterocycles. The fourth-order valence-corrected chi connectivity index (χ4v) is 10.2. The molecule has 1 aliphatic carbocycles. The standard InChI is InChI=1S/C21H31P/c1-19(2,3)22(20(4,5)6)21(7)16-12-11-15-18(21)17-13-9-8-10-14-17/h8-15H,16H2,1-7H3. The van der Waals surface area contributed by atoms with Crippen LogP contribution in [0.1, 0.15) is 60.5 Å². The molecule has 22 heavy (non-hydrogen) atoms. The summed E-state index contributed by atoms with van der Waals surface area (Å²) in [6.45, 7) is 17.1. The van der Waals surface area contributed by atoms with E-state index in [1.807, 2.05) is 0 Å². The molecule has 0 saturated carbocycles. The summed E-state index contributed by atoms with van der Waals surface area (Å²) < 4.78 is 0. The van der Waals surface area contributed by atoms with Crippen molar-refractivity contribution in [1.29, 1.82) is 0 Å². The Labute approximate surface area is 138 Å². The molecule has 1 atom stereocenters. The zero-order valence-corrected chi connectivity index (χ0v) is 16.2. The van der Waals surface area contributed by atoms with Crippen LogP contribution in [0.2, 0.25) is 0 Å². The predicted molar refractivity (Wildman–Crippen MR) is 103 cm³/mol. The SMILES string of the molecule is CC(C)(C)P(C(C)(C)C)C1(C)CC=CC=C1c1ccccc1. The Morgan fingerprint density at radius 3 is 1.95 bits per heavy atom. The van der Waals surface area contributed by atoms with Crippen LogP contribution in [0.4, 0.5) is 0 Å². The molecule has 0 nitrogen and oxygen atoms in total. The van der Waals surface area contributed by atoms with E-state index in [9.17, 15) is 0 Å². The van der Waals surface area contributed by atoms with E-state index in [0.717, 1.165) is 6.42 Å². The van der Waals surface area contributed by atoms with Crippen molar-refractivity contribution in [2.75, 3.05) is 0 Å². The monoisotopic (exact) mass is 314 g/mol. The molecule has 0 spiro atoms. The molecule has 0 amide bonds. The normalized spacial score (nSPS) is 22.8. The molecule has 1 aromatic rings. The maximum Gasteiger partial charge on any atom is 0.0176 e. The number of allylic oxidation sites excluding steroid dienone is 4. The first kappa shape index (κ1) is 17.5. The lowest BCUT2D eigenvalue weighted by Gasteiger charge is -2.54. The molecule has 0 saturated heterocycles. The van der Waals surface area contributed by atoms with Crippen LogP contribution in [0.15, 0.2) is 48.6 Å². The summed E-state index contributed by atoms with van der Waals surface area (Å²) in [5.41, 5.74) is 2.90. The summed E-state index contributed by atoms with van der Waals surface area (Å²) in [6, 6.07) is 11.0. The first-order chi connectivity index (χ1) is 10.1. The molecule has 1 heteroatoms. The lowest BCUT2D eigenvalue weighted by Crippen LogP contribution is -2.40. The highest BCUT2D eigenvalue weighted by Gasteiger charge is 2.48. The molecule has 0 fully saturated rings. The number of hydrogen-bond acceptors (Lipinski definition) is 0. The Balaban J connectivity index is 2.59. The zero-order valence-electron chi connectivity index (χ0n) is 15.3. The topological polar surface area (TPSA) is 0 Å². The van der Waals surface area contributed by atoms with E-state index in [2.05, 4.69) is 97.0 Å². The Morgan fingerprint density at radius 2 is 1.45 bits per heavy atom.